The van der Waals surface area contributed by atoms with Crippen LogP contribution in [0.15, 0.2) is 35.6 Å². The molecule has 0 saturated heterocycles. The van der Waals surface area contributed by atoms with Crippen molar-refractivity contribution in [2.24, 2.45) is 10.7 Å². The first kappa shape index (κ1) is 17.5. The lowest BCUT2D eigenvalue weighted by Gasteiger charge is -2.10. The van der Waals surface area contributed by atoms with Crippen LogP contribution in [-0.2, 0) is 0 Å². The Labute approximate surface area is 143 Å². The predicted octanol–water partition coefficient (Wildman–Crippen LogP) is 5.29. The van der Waals surface area contributed by atoms with Gasteiger partial charge in [0.15, 0.2) is 0 Å². The van der Waals surface area contributed by atoms with E-state index < -0.39 is 0 Å². The smallest absolute Gasteiger partial charge is 0.132 e. The number of nitrogens with zero attached hydrogens (tertiary/aromatic N) is 2. The van der Waals surface area contributed by atoms with Gasteiger partial charge in [0.2, 0.25) is 0 Å². The van der Waals surface area contributed by atoms with Gasteiger partial charge in [0, 0.05) is 18.0 Å². The Morgan fingerprint density at radius 2 is 1.87 bits per heavy atom. The second kappa shape index (κ2) is 7.60. The number of nitrogens with two attached hydrogens (primary N) is 1. The lowest BCUT2D eigenvalue weighted by Crippen LogP contribution is -2.13. The van der Waals surface area contributed by atoms with Crippen LogP contribution in [0.1, 0.15) is 54.9 Å². The van der Waals surface area contributed by atoms with Crippen LogP contribution in [0.4, 0.5) is 5.69 Å². The molecule has 3 rings (SSSR count). The number of benzene rings is 1. The van der Waals surface area contributed by atoms with Crippen LogP contribution in [0.3, 0.4) is 0 Å². The minimum absolute atomic E-state index is 0.438. The molecule has 0 radical (unpaired) electrons. The van der Waals surface area contributed by atoms with Gasteiger partial charge in [0.05, 0.1) is 10.7 Å². The topological polar surface area (TPSA) is 51.3 Å². The minimum Gasteiger partial charge on any atom is -0.383 e. The molecule has 0 bridgehead atoms. The Morgan fingerprint density at radius 1 is 1.22 bits per heavy atom. The van der Waals surface area contributed by atoms with Crippen LogP contribution in [0.5, 0.6) is 0 Å². The molecule has 4 heteroatoms. The number of rotatable bonds is 3. The molecule has 1 aromatic heterocycles. The van der Waals surface area contributed by atoms with Crippen molar-refractivity contribution in [1.82, 2.24) is 4.98 Å². The fourth-order valence-corrected chi connectivity index (χ4v) is 2.63. The molecule has 2 N–H and O–H groups in total. The number of pyridine rings is 1. The highest BCUT2D eigenvalue weighted by molar-refractivity contribution is 6.34. The standard InChI is InChI=1S/C17H18ClN3.C2H6/c1-10-7-14(12-3-4-12)16(8-11(10)2)21-17(19)13-5-6-20-9-15(13)18;1-2/h5-9,12H,3-4H2,1-2H3,(H2,19,21);1-2H3. The molecule has 1 aliphatic carbocycles. The number of halogens is 1. The third-order valence-electron chi connectivity index (χ3n) is 3.95. The normalized spacial score (nSPS) is 14.2. The van der Waals surface area contributed by atoms with Gasteiger partial charge in [-0.1, -0.05) is 31.5 Å². The highest BCUT2D eigenvalue weighted by Gasteiger charge is 2.26. The third kappa shape index (κ3) is 4.11. The first-order valence-electron chi connectivity index (χ1n) is 8.11. The van der Waals surface area contributed by atoms with E-state index in [9.17, 15) is 0 Å². The predicted molar refractivity (Wildman–Crippen MR) is 98.9 cm³/mol. The van der Waals surface area contributed by atoms with Gasteiger partial charge in [0.25, 0.3) is 0 Å². The molecule has 0 aliphatic heterocycles. The van der Waals surface area contributed by atoms with Gasteiger partial charge in [0.1, 0.15) is 5.84 Å². The number of hydrogen-bond donors (Lipinski definition) is 1. The molecule has 1 saturated carbocycles. The lowest BCUT2D eigenvalue weighted by molar-refractivity contribution is 1.10. The summed E-state index contributed by atoms with van der Waals surface area (Å²) in [7, 11) is 0. The Kier molecular flexibility index (Phi) is 5.78. The van der Waals surface area contributed by atoms with E-state index in [0.29, 0.717) is 16.8 Å². The number of aryl methyl sites for hydroxylation is 2. The zero-order valence-corrected chi connectivity index (χ0v) is 15.0. The lowest BCUT2D eigenvalue weighted by atomic mass is 10.0. The highest BCUT2D eigenvalue weighted by atomic mass is 35.5. The molecule has 3 nitrogen and oxygen atoms in total. The van der Waals surface area contributed by atoms with Crippen molar-refractivity contribution in [3.8, 4) is 0 Å². The molecule has 0 spiro atoms. The van der Waals surface area contributed by atoms with E-state index in [-0.39, 0.29) is 0 Å². The van der Waals surface area contributed by atoms with Gasteiger partial charge in [-0.2, -0.15) is 0 Å². The first-order chi connectivity index (χ1) is 11.1. The number of amidine groups is 1. The molecule has 1 aliphatic rings. The van der Waals surface area contributed by atoms with E-state index in [1.54, 1.807) is 18.5 Å². The van der Waals surface area contributed by atoms with Gasteiger partial charge in [-0.15, -0.1) is 0 Å². The minimum atomic E-state index is 0.438. The van der Waals surface area contributed by atoms with Crippen molar-refractivity contribution in [3.63, 3.8) is 0 Å². The molecule has 1 aromatic carbocycles. The zero-order chi connectivity index (χ0) is 17.0. The highest BCUT2D eigenvalue weighted by Crippen LogP contribution is 2.45. The van der Waals surface area contributed by atoms with Crippen LogP contribution < -0.4 is 5.73 Å². The van der Waals surface area contributed by atoms with Crippen molar-refractivity contribution < 1.29 is 0 Å². The summed E-state index contributed by atoms with van der Waals surface area (Å²) in [5.41, 5.74) is 11.7. The summed E-state index contributed by atoms with van der Waals surface area (Å²) in [6, 6.07) is 6.15. The Bertz CT molecular complexity index is 719. The SMILES string of the molecule is CC.Cc1cc(N=C(N)c2ccncc2Cl)c(C2CC2)cc1C. The van der Waals surface area contributed by atoms with E-state index in [2.05, 4.69) is 36.0 Å². The summed E-state index contributed by atoms with van der Waals surface area (Å²) >= 11 is 6.13. The van der Waals surface area contributed by atoms with E-state index in [1.165, 1.54) is 29.5 Å². The summed E-state index contributed by atoms with van der Waals surface area (Å²) in [6.45, 7) is 8.23. The van der Waals surface area contributed by atoms with Gasteiger partial charge in [-0.3, -0.25) is 4.98 Å². The van der Waals surface area contributed by atoms with Crippen molar-refractivity contribution in [3.05, 3.63) is 57.9 Å². The molecular weight excluding hydrogens is 306 g/mol. The molecule has 23 heavy (non-hydrogen) atoms. The maximum Gasteiger partial charge on any atom is 0.132 e. The second-order valence-electron chi connectivity index (χ2n) is 5.62. The van der Waals surface area contributed by atoms with Crippen molar-refractivity contribution in [1.29, 1.82) is 0 Å². The van der Waals surface area contributed by atoms with Crippen LogP contribution in [-0.4, -0.2) is 10.8 Å². The molecule has 1 heterocycles. The van der Waals surface area contributed by atoms with Crippen molar-refractivity contribution >= 4 is 23.1 Å². The maximum absolute atomic E-state index is 6.14. The number of aliphatic imine (C=N–C) groups is 1. The Balaban J connectivity index is 0.000000924. The van der Waals surface area contributed by atoms with Gasteiger partial charge < -0.3 is 5.73 Å². The molecular formula is C19H24ClN3. The Morgan fingerprint density at radius 3 is 2.48 bits per heavy atom. The van der Waals surface area contributed by atoms with Crippen LogP contribution >= 0.6 is 11.6 Å². The van der Waals surface area contributed by atoms with Crippen molar-refractivity contribution in [2.45, 2.75) is 46.5 Å². The first-order valence-corrected chi connectivity index (χ1v) is 8.49. The Hall–Kier alpha value is -1.87. The maximum atomic E-state index is 6.14. The molecule has 0 unspecified atom stereocenters. The zero-order valence-electron chi connectivity index (χ0n) is 14.2. The van der Waals surface area contributed by atoms with E-state index in [0.717, 1.165) is 11.3 Å². The van der Waals surface area contributed by atoms with E-state index in [4.69, 9.17) is 17.3 Å². The quantitative estimate of drug-likeness (QED) is 0.614. The molecule has 1 fully saturated rings. The summed E-state index contributed by atoms with van der Waals surface area (Å²) in [4.78, 5) is 8.61. The summed E-state index contributed by atoms with van der Waals surface area (Å²) in [5.74, 6) is 1.07. The number of hydrogen-bond acceptors (Lipinski definition) is 2. The molecule has 0 atom stereocenters. The fourth-order valence-electron chi connectivity index (χ4n) is 2.41. The largest absolute Gasteiger partial charge is 0.383 e. The summed E-state index contributed by atoms with van der Waals surface area (Å²) in [6.07, 6.45) is 5.73. The molecule has 0 amide bonds. The second-order valence-corrected chi connectivity index (χ2v) is 6.03. The van der Waals surface area contributed by atoms with Gasteiger partial charge in [-0.25, -0.2) is 4.99 Å². The average Bonchev–Trinajstić information content (AvgIpc) is 3.38. The van der Waals surface area contributed by atoms with Crippen LogP contribution in [0.25, 0.3) is 0 Å². The van der Waals surface area contributed by atoms with Gasteiger partial charge >= 0.3 is 0 Å². The van der Waals surface area contributed by atoms with E-state index in [1.807, 2.05) is 13.8 Å². The monoisotopic (exact) mass is 329 g/mol. The summed E-state index contributed by atoms with van der Waals surface area (Å²) in [5, 5.41) is 0.524. The molecule has 122 valence electrons. The van der Waals surface area contributed by atoms with Crippen LogP contribution in [0, 0.1) is 13.8 Å². The van der Waals surface area contributed by atoms with Gasteiger partial charge in [-0.05, 0) is 61.4 Å². The number of aromatic nitrogens is 1. The van der Waals surface area contributed by atoms with Crippen molar-refractivity contribution in [2.75, 3.05) is 0 Å². The molecule has 2 aromatic rings. The van der Waals surface area contributed by atoms with Crippen LogP contribution in [0.2, 0.25) is 5.02 Å². The summed E-state index contributed by atoms with van der Waals surface area (Å²) < 4.78 is 0. The average molecular weight is 330 g/mol. The third-order valence-corrected chi connectivity index (χ3v) is 4.25. The van der Waals surface area contributed by atoms with E-state index >= 15 is 0 Å². The fraction of sp³-hybridized carbons (Fsp3) is 0.368.